The van der Waals surface area contributed by atoms with Crippen LogP contribution in [0.25, 0.3) is 0 Å². The fraction of sp³-hybridized carbons (Fsp3) is 0.611. The highest BCUT2D eigenvalue weighted by atomic mass is 35.5. The van der Waals surface area contributed by atoms with Gasteiger partial charge in [-0.25, -0.2) is 0 Å². The molecule has 0 aromatic rings. The third kappa shape index (κ3) is 6.27. The van der Waals surface area contributed by atoms with E-state index in [9.17, 15) is 4.79 Å². The SMILES string of the molecule is C=C(C)C(C)(Cl)/C(C)=C/C=C/OCC(=O)NC1CCCCC1. The monoisotopic (exact) mass is 325 g/mol. The van der Waals surface area contributed by atoms with E-state index >= 15 is 0 Å². The predicted octanol–water partition coefficient (Wildman–Crippen LogP) is 4.49. The van der Waals surface area contributed by atoms with Gasteiger partial charge in [0.05, 0.1) is 11.1 Å². The highest BCUT2D eigenvalue weighted by molar-refractivity contribution is 6.27. The average Bonchev–Trinajstić information content (AvgIpc) is 2.47. The summed E-state index contributed by atoms with van der Waals surface area (Å²) in [7, 11) is 0. The van der Waals surface area contributed by atoms with Gasteiger partial charge in [-0.15, -0.1) is 11.6 Å². The molecule has 0 saturated heterocycles. The summed E-state index contributed by atoms with van der Waals surface area (Å²) in [6.45, 7) is 9.70. The molecule has 1 aliphatic carbocycles. The molecule has 1 rings (SSSR count). The summed E-state index contributed by atoms with van der Waals surface area (Å²) in [5.41, 5.74) is 1.87. The second-order valence-electron chi connectivity index (χ2n) is 6.17. The molecule has 3 nitrogen and oxygen atoms in total. The lowest BCUT2D eigenvalue weighted by Crippen LogP contribution is -2.38. The van der Waals surface area contributed by atoms with Gasteiger partial charge in [0.1, 0.15) is 0 Å². The summed E-state index contributed by atoms with van der Waals surface area (Å²) in [4.78, 5) is 11.2. The van der Waals surface area contributed by atoms with Crippen LogP contribution in [0.1, 0.15) is 52.9 Å². The minimum Gasteiger partial charge on any atom is -0.491 e. The van der Waals surface area contributed by atoms with Crippen LogP contribution in [0.2, 0.25) is 0 Å². The van der Waals surface area contributed by atoms with Gasteiger partial charge in [0.2, 0.25) is 0 Å². The minimum absolute atomic E-state index is 0.0541. The van der Waals surface area contributed by atoms with Gasteiger partial charge in [-0.1, -0.05) is 37.5 Å². The molecule has 0 spiro atoms. The first-order valence-electron chi connectivity index (χ1n) is 7.94. The standard InChI is InChI=1S/C18H28ClNO2/c1-14(2)18(4,19)15(3)9-8-12-22-13-17(21)20-16-10-6-5-7-11-16/h8-9,12,16H,1,5-7,10-11,13H2,2-4H3,(H,20,21)/b12-8+,15-9+. The highest BCUT2D eigenvalue weighted by Gasteiger charge is 2.23. The number of amides is 1. The molecule has 0 aliphatic heterocycles. The second-order valence-corrected chi connectivity index (χ2v) is 6.93. The van der Waals surface area contributed by atoms with E-state index in [1.165, 1.54) is 25.5 Å². The summed E-state index contributed by atoms with van der Waals surface area (Å²) in [5.74, 6) is -0.0543. The Morgan fingerprint density at radius 1 is 1.36 bits per heavy atom. The quantitative estimate of drug-likeness (QED) is 0.324. The van der Waals surface area contributed by atoms with Crippen molar-refractivity contribution in [1.29, 1.82) is 0 Å². The molecular weight excluding hydrogens is 298 g/mol. The van der Waals surface area contributed by atoms with Crippen LogP contribution >= 0.6 is 11.6 Å². The molecule has 1 saturated carbocycles. The van der Waals surface area contributed by atoms with Crippen LogP contribution in [0.3, 0.4) is 0 Å². The Bertz CT molecular complexity index is 446. The minimum atomic E-state index is -0.553. The maximum absolute atomic E-state index is 11.7. The lowest BCUT2D eigenvalue weighted by molar-refractivity contribution is -0.124. The first kappa shape index (κ1) is 18.8. The topological polar surface area (TPSA) is 38.3 Å². The number of nitrogens with one attached hydrogen (secondary N) is 1. The molecule has 1 amide bonds. The van der Waals surface area contributed by atoms with Crippen LogP contribution in [-0.2, 0) is 9.53 Å². The maximum Gasteiger partial charge on any atom is 0.258 e. The molecular formula is C18H28ClNO2. The van der Waals surface area contributed by atoms with Gasteiger partial charge < -0.3 is 10.1 Å². The predicted molar refractivity (Wildman–Crippen MR) is 92.9 cm³/mol. The lowest BCUT2D eigenvalue weighted by Gasteiger charge is -2.23. The molecule has 0 aromatic heterocycles. The Kier molecular flexibility index (Phi) is 7.74. The van der Waals surface area contributed by atoms with Crippen molar-refractivity contribution < 1.29 is 9.53 Å². The van der Waals surface area contributed by atoms with Crippen molar-refractivity contribution in [3.63, 3.8) is 0 Å². The Morgan fingerprint density at radius 3 is 2.59 bits per heavy atom. The zero-order chi connectivity index (χ0) is 16.6. The van der Waals surface area contributed by atoms with E-state index in [1.807, 2.05) is 26.8 Å². The van der Waals surface area contributed by atoms with Crippen LogP contribution in [0.5, 0.6) is 0 Å². The van der Waals surface area contributed by atoms with Gasteiger partial charge in [-0.3, -0.25) is 4.79 Å². The summed E-state index contributed by atoms with van der Waals surface area (Å²) < 4.78 is 5.26. The third-order valence-electron chi connectivity index (χ3n) is 4.25. The van der Waals surface area contributed by atoms with E-state index in [0.29, 0.717) is 6.04 Å². The van der Waals surface area contributed by atoms with Crippen LogP contribution < -0.4 is 5.32 Å². The Balaban J connectivity index is 2.30. The smallest absolute Gasteiger partial charge is 0.258 e. The second kappa shape index (κ2) is 9.04. The molecule has 1 atom stereocenters. The van der Waals surface area contributed by atoms with E-state index in [0.717, 1.165) is 24.0 Å². The van der Waals surface area contributed by atoms with Crippen molar-refractivity contribution in [1.82, 2.24) is 5.32 Å². The number of carbonyl (C=O) groups excluding carboxylic acids is 1. The number of carbonyl (C=O) groups is 1. The van der Waals surface area contributed by atoms with E-state index < -0.39 is 4.87 Å². The fourth-order valence-electron chi connectivity index (χ4n) is 2.37. The molecule has 1 unspecified atom stereocenters. The summed E-state index contributed by atoms with van der Waals surface area (Å²) >= 11 is 6.39. The number of hydrogen-bond donors (Lipinski definition) is 1. The van der Waals surface area contributed by atoms with E-state index in [4.69, 9.17) is 16.3 Å². The molecule has 1 aliphatic rings. The van der Waals surface area contributed by atoms with Gasteiger partial charge in [0.15, 0.2) is 6.61 Å². The van der Waals surface area contributed by atoms with E-state index in [1.54, 1.807) is 6.08 Å². The van der Waals surface area contributed by atoms with Crippen molar-refractivity contribution in [3.05, 3.63) is 36.1 Å². The lowest BCUT2D eigenvalue weighted by atomic mass is 9.95. The number of alkyl halides is 1. The molecule has 0 radical (unpaired) electrons. The maximum atomic E-state index is 11.7. The summed E-state index contributed by atoms with van der Waals surface area (Å²) in [6.07, 6.45) is 11.0. The van der Waals surface area contributed by atoms with Gasteiger partial charge in [-0.05, 0) is 45.3 Å². The molecule has 22 heavy (non-hydrogen) atoms. The zero-order valence-corrected chi connectivity index (χ0v) is 14.7. The molecule has 1 N–H and O–H groups in total. The van der Waals surface area contributed by atoms with Crippen LogP contribution in [0, 0.1) is 0 Å². The van der Waals surface area contributed by atoms with Crippen molar-refractivity contribution in [2.75, 3.05) is 6.61 Å². The molecule has 4 heteroatoms. The number of hydrogen-bond acceptors (Lipinski definition) is 2. The van der Waals surface area contributed by atoms with Crippen molar-refractivity contribution in [2.24, 2.45) is 0 Å². The summed E-state index contributed by atoms with van der Waals surface area (Å²) in [5, 5.41) is 3.01. The van der Waals surface area contributed by atoms with E-state index in [-0.39, 0.29) is 12.5 Å². The number of rotatable bonds is 7. The first-order chi connectivity index (χ1) is 10.3. The van der Waals surface area contributed by atoms with Crippen molar-refractivity contribution >= 4 is 17.5 Å². The van der Waals surface area contributed by atoms with Crippen molar-refractivity contribution in [3.8, 4) is 0 Å². The van der Waals surface area contributed by atoms with Crippen molar-refractivity contribution in [2.45, 2.75) is 63.8 Å². The third-order valence-corrected chi connectivity index (χ3v) is 4.87. The number of halogens is 1. The first-order valence-corrected chi connectivity index (χ1v) is 8.31. The zero-order valence-electron chi connectivity index (χ0n) is 14.0. The molecule has 0 aromatic carbocycles. The average molecular weight is 326 g/mol. The summed E-state index contributed by atoms with van der Waals surface area (Å²) in [6, 6.07) is 0.323. The highest BCUT2D eigenvalue weighted by Crippen LogP contribution is 2.31. The van der Waals surface area contributed by atoms with Crippen LogP contribution in [0.15, 0.2) is 36.1 Å². The van der Waals surface area contributed by atoms with Gasteiger partial charge in [0, 0.05) is 6.04 Å². The Labute approximate surface area is 139 Å². The van der Waals surface area contributed by atoms with Crippen LogP contribution in [0.4, 0.5) is 0 Å². The largest absolute Gasteiger partial charge is 0.491 e. The Morgan fingerprint density at radius 2 is 2.00 bits per heavy atom. The van der Waals surface area contributed by atoms with Gasteiger partial charge >= 0.3 is 0 Å². The number of ether oxygens (including phenoxy) is 1. The molecule has 1 fully saturated rings. The molecule has 124 valence electrons. The van der Waals surface area contributed by atoms with Crippen LogP contribution in [-0.4, -0.2) is 23.4 Å². The number of allylic oxidation sites excluding steroid dienone is 4. The normalized spacial score (nSPS) is 19.7. The molecule has 0 heterocycles. The fourth-order valence-corrected chi connectivity index (χ4v) is 2.44. The Hall–Kier alpha value is -1.22. The van der Waals surface area contributed by atoms with Gasteiger partial charge in [0.25, 0.3) is 5.91 Å². The molecule has 0 bridgehead atoms. The van der Waals surface area contributed by atoms with Gasteiger partial charge in [-0.2, -0.15) is 0 Å². The van der Waals surface area contributed by atoms with E-state index in [2.05, 4.69) is 11.9 Å².